The molecule has 1 unspecified atom stereocenters. The fourth-order valence-corrected chi connectivity index (χ4v) is 3.89. The van der Waals surface area contributed by atoms with E-state index in [2.05, 4.69) is 20.8 Å². The first-order chi connectivity index (χ1) is 13.2. The van der Waals surface area contributed by atoms with Crippen LogP contribution in [0.4, 0.5) is 0 Å². The van der Waals surface area contributed by atoms with Gasteiger partial charge in [0.1, 0.15) is 23.7 Å². The van der Waals surface area contributed by atoms with Crippen LogP contribution in [0.1, 0.15) is 49.9 Å². The molecule has 4 nitrogen and oxygen atoms in total. The Morgan fingerprint density at radius 3 is 2.71 bits per heavy atom. The second-order valence-electron chi connectivity index (χ2n) is 8.12. The van der Waals surface area contributed by atoms with Crippen molar-refractivity contribution < 1.29 is 19.4 Å². The Bertz CT molecular complexity index is 888. The summed E-state index contributed by atoms with van der Waals surface area (Å²) in [6.45, 7) is 8.29. The number of fused-ring (bicyclic) bond motifs is 1. The average molecular weight is 403 g/mol. The molecule has 0 amide bonds. The smallest absolute Gasteiger partial charge is 0.306 e. The van der Waals surface area contributed by atoms with E-state index in [0.717, 1.165) is 46.6 Å². The highest BCUT2D eigenvalue weighted by atomic mass is 35.5. The first-order valence-electron chi connectivity index (χ1n) is 9.66. The van der Waals surface area contributed by atoms with Crippen LogP contribution in [0.25, 0.3) is 0 Å². The minimum atomic E-state index is -0.781. The van der Waals surface area contributed by atoms with E-state index in [4.69, 9.17) is 26.2 Å². The van der Waals surface area contributed by atoms with Crippen molar-refractivity contribution in [1.29, 1.82) is 0 Å². The maximum Gasteiger partial charge on any atom is 0.306 e. The van der Waals surface area contributed by atoms with E-state index in [1.807, 2.05) is 30.3 Å². The monoisotopic (exact) mass is 402 g/mol. The Kier molecular flexibility index (Phi) is 5.90. The molecule has 1 atom stereocenters. The minimum absolute atomic E-state index is 0.237. The zero-order valence-corrected chi connectivity index (χ0v) is 17.6. The molecule has 0 fully saturated rings. The standard InChI is InChI=1S/C23H27ClO4/c1-5-16-9-15(8-14(2)22(25)26)6-7-20(16)27-13-18-11-19(24)10-17-12-23(3,4)28-21(17)18/h6-7,9-11,14H,5,8,12-13H2,1-4H3,(H,25,26). The van der Waals surface area contributed by atoms with Crippen molar-refractivity contribution >= 4 is 17.6 Å². The molecule has 0 bridgehead atoms. The Labute approximate surface area is 171 Å². The number of aryl methyl sites for hydroxylation is 1. The largest absolute Gasteiger partial charge is 0.488 e. The fraction of sp³-hybridized carbons (Fsp3) is 0.435. The van der Waals surface area contributed by atoms with Gasteiger partial charge in [-0.2, -0.15) is 0 Å². The molecule has 2 aromatic rings. The number of carboxylic acids is 1. The number of ether oxygens (including phenoxy) is 2. The summed E-state index contributed by atoms with van der Waals surface area (Å²) in [5, 5.41) is 9.81. The van der Waals surface area contributed by atoms with Crippen LogP contribution in [-0.2, 0) is 30.7 Å². The molecule has 0 spiro atoms. The predicted molar refractivity (Wildman–Crippen MR) is 111 cm³/mol. The van der Waals surface area contributed by atoms with Crippen molar-refractivity contribution in [3.8, 4) is 11.5 Å². The summed E-state index contributed by atoms with van der Waals surface area (Å²) >= 11 is 6.30. The molecule has 1 aliphatic heterocycles. The van der Waals surface area contributed by atoms with Crippen molar-refractivity contribution in [2.24, 2.45) is 5.92 Å². The van der Waals surface area contributed by atoms with Gasteiger partial charge in [-0.3, -0.25) is 4.79 Å². The number of aliphatic carboxylic acids is 1. The Morgan fingerprint density at radius 1 is 1.29 bits per heavy atom. The Hall–Kier alpha value is -2.20. The maximum absolute atomic E-state index is 11.1. The number of rotatable bonds is 7. The molecule has 1 heterocycles. The van der Waals surface area contributed by atoms with E-state index >= 15 is 0 Å². The second kappa shape index (κ2) is 8.04. The van der Waals surface area contributed by atoms with Crippen molar-refractivity contribution in [3.05, 3.63) is 57.6 Å². The van der Waals surface area contributed by atoms with Crippen LogP contribution in [-0.4, -0.2) is 16.7 Å². The molecule has 28 heavy (non-hydrogen) atoms. The third-order valence-electron chi connectivity index (χ3n) is 5.05. The second-order valence-corrected chi connectivity index (χ2v) is 8.56. The molecule has 2 aromatic carbocycles. The summed E-state index contributed by atoms with van der Waals surface area (Å²) in [6, 6.07) is 9.77. The Morgan fingerprint density at radius 2 is 2.04 bits per heavy atom. The lowest BCUT2D eigenvalue weighted by molar-refractivity contribution is -0.141. The summed E-state index contributed by atoms with van der Waals surface area (Å²) in [6.07, 6.45) is 2.14. The highest BCUT2D eigenvalue weighted by Crippen LogP contribution is 2.40. The molecule has 0 saturated carbocycles. The van der Waals surface area contributed by atoms with Crippen LogP contribution in [0.5, 0.6) is 11.5 Å². The molecule has 5 heteroatoms. The maximum atomic E-state index is 11.1. The molecule has 3 rings (SSSR count). The molecule has 1 aliphatic rings. The SMILES string of the molecule is CCc1cc(CC(C)C(=O)O)ccc1OCc1cc(Cl)cc2c1OC(C)(C)C2. The van der Waals surface area contributed by atoms with Gasteiger partial charge in [0, 0.05) is 17.0 Å². The molecular weight excluding hydrogens is 376 g/mol. The molecule has 0 radical (unpaired) electrons. The number of hydrogen-bond donors (Lipinski definition) is 1. The Balaban J connectivity index is 1.78. The lowest BCUT2D eigenvalue weighted by atomic mass is 9.98. The van der Waals surface area contributed by atoms with Crippen LogP contribution in [0, 0.1) is 5.92 Å². The minimum Gasteiger partial charge on any atom is -0.488 e. The van der Waals surface area contributed by atoms with Gasteiger partial charge in [-0.25, -0.2) is 0 Å². The third-order valence-corrected chi connectivity index (χ3v) is 5.27. The number of benzene rings is 2. The molecular formula is C23H27ClO4. The van der Waals surface area contributed by atoms with E-state index in [1.165, 1.54) is 0 Å². The van der Waals surface area contributed by atoms with E-state index in [0.29, 0.717) is 18.1 Å². The van der Waals surface area contributed by atoms with Crippen LogP contribution in [0.2, 0.25) is 5.02 Å². The molecule has 1 N–H and O–H groups in total. The van der Waals surface area contributed by atoms with Crippen molar-refractivity contribution in [3.63, 3.8) is 0 Å². The van der Waals surface area contributed by atoms with E-state index in [-0.39, 0.29) is 5.60 Å². The summed E-state index contributed by atoms with van der Waals surface area (Å²) in [4.78, 5) is 11.1. The summed E-state index contributed by atoms with van der Waals surface area (Å²) < 4.78 is 12.2. The summed E-state index contributed by atoms with van der Waals surface area (Å²) in [5.74, 6) is 0.488. The lowest BCUT2D eigenvalue weighted by Crippen LogP contribution is -2.25. The van der Waals surface area contributed by atoms with Gasteiger partial charge in [0.25, 0.3) is 0 Å². The van der Waals surface area contributed by atoms with Crippen LogP contribution in [0.3, 0.4) is 0 Å². The van der Waals surface area contributed by atoms with E-state index in [9.17, 15) is 4.79 Å². The first-order valence-corrected chi connectivity index (χ1v) is 10.0. The highest BCUT2D eigenvalue weighted by molar-refractivity contribution is 6.30. The number of halogens is 1. The average Bonchev–Trinajstić information content (AvgIpc) is 2.93. The van der Waals surface area contributed by atoms with Gasteiger partial charge in [0.15, 0.2) is 0 Å². The summed E-state index contributed by atoms with van der Waals surface area (Å²) in [5.41, 5.74) is 3.89. The van der Waals surface area contributed by atoms with Gasteiger partial charge < -0.3 is 14.6 Å². The zero-order chi connectivity index (χ0) is 20.5. The molecule has 0 saturated heterocycles. The van der Waals surface area contributed by atoms with Crippen LogP contribution >= 0.6 is 11.6 Å². The van der Waals surface area contributed by atoms with Gasteiger partial charge in [-0.15, -0.1) is 0 Å². The lowest BCUT2D eigenvalue weighted by Gasteiger charge is -2.19. The van der Waals surface area contributed by atoms with Crippen LogP contribution < -0.4 is 9.47 Å². The highest BCUT2D eigenvalue weighted by Gasteiger charge is 2.32. The zero-order valence-electron chi connectivity index (χ0n) is 16.8. The van der Waals surface area contributed by atoms with Gasteiger partial charge in [-0.05, 0) is 61.6 Å². The summed E-state index contributed by atoms with van der Waals surface area (Å²) in [7, 11) is 0. The normalized spacial score (nSPS) is 15.6. The fourth-order valence-electron chi connectivity index (χ4n) is 3.63. The number of carbonyl (C=O) groups is 1. The topological polar surface area (TPSA) is 55.8 Å². The van der Waals surface area contributed by atoms with Gasteiger partial charge in [-0.1, -0.05) is 37.6 Å². The quantitative estimate of drug-likeness (QED) is 0.668. The third kappa shape index (κ3) is 4.61. The van der Waals surface area contributed by atoms with E-state index < -0.39 is 11.9 Å². The first kappa shape index (κ1) is 20.5. The number of hydrogen-bond acceptors (Lipinski definition) is 3. The predicted octanol–water partition coefficient (Wildman–Crippen LogP) is 5.46. The molecule has 0 aliphatic carbocycles. The molecule has 150 valence electrons. The van der Waals surface area contributed by atoms with Crippen molar-refractivity contribution in [1.82, 2.24) is 0 Å². The van der Waals surface area contributed by atoms with Crippen molar-refractivity contribution in [2.45, 2.75) is 59.2 Å². The van der Waals surface area contributed by atoms with Gasteiger partial charge in [0.2, 0.25) is 0 Å². The van der Waals surface area contributed by atoms with E-state index in [1.54, 1.807) is 6.92 Å². The van der Waals surface area contributed by atoms with Gasteiger partial charge >= 0.3 is 5.97 Å². The number of carboxylic acid groups (broad SMARTS) is 1. The van der Waals surface area contributed by atoms with Crippen LogP contribution in [0.15, 0.2) is 30.3 Å². The van der Waals surface area contributed by atoms with Gasteiger partial charge in [0.05, 0.1) is 5.92 Å². The van der Waals surface area contributed by atoms with Crippen molar-refractivity contribution in [2.75, 3.05) is 0 Å². The molecule has 0 aromatic heterocycles.